The van der Waals surface area contributed by atoms with Gasteiger partial charge in [-0.25, -0.2) is 14.8 Å². The maximum atomic E-state index is 12.3. The fourth-order valence-corrected chi connectivity index (χ4v) is 4.55. The van der Waals surface area contributed by atoms with Gasteiger partial charge >= 0.3 is 6.03 Å². The summed E-state index contributed by atoms with van der Waals surface area (Å²) in [5, 5.41) is 9.97. The lowest BCUT2D eigenvalue weighted by molar-refractivity contribution is 0.262. The number of carbonyl (C=O) groups excluding carboxylic acids is 1. The van der Waals surface area contributed by atoms with Crippen LogP contribution in [0.4, 0.5) is 22.0 Å². The minimum absolute atomic E-state index is 0.308. The van der Waals surface area contributed by atoms with Crippen molar-refractivity contribution in [2.45, 2.75) is 6.42 Å². The Bertz CT molecular complexity index is 1720. The molecule has 6 aromatic rings. The maximum Gasteiger partial charge on any atom is 0.323 e. The molecule has 8 nitrogen and oxygen atoms in total. The van der Waals surface area contributed by atoms with E-state index in [-0.39, 0.29) is 6.03 Å². The molecule has 0 unspecified atom stereocenters. The molecule has 0 aliphatic rings. The summed E-state index contributed by atoms with van der Waals surface area (Å²) in [5.74, 6) is 1.49. The Balaban J connectivity index is 1.18. The highest BCUT2D eigenvalue weighted by Crippen LogP contribution is 2.42. The molecular formula is C32H26N6O2. The summed E-state index contributed by atoms with van der Waals surface area (Å²) in [4.78, 5) is 25.2. The summed E-state index contributed by atoms with van der Waals surface area (Å²) >= 11 is 0. The average Bonchev–Trinajstić information content (AvgIpc) is 3.40. The molecule has 0 aliphatic carbocycles. The lowest BCUT2D eigenvalue weighted by Gasteiger charge is -2.10. The van der Waals surface area contributed by atoms with Crippen LogP contribution in [0.2, 0.25) is 0 Å². The highest BCUT2D eigenvalue weighted by atomic mass is 16.3. The zero-order valence-electron chi connectivity index (χ0n) is 21.5. The largest absolute Gasteiger partial charge is 0.437 e. The second-order valence-corrected chi connectivity index (χ2v) is 9.13. The van der Waals surface area contributed by atoms with E-state index >= 15 is 0 Å². The molecule has 3 aromatic heterocycles. The third-order valence-electron chi connectivity index (χ3n) is 6.44. The maximum absolute atomic E-state index is 12.3. The third-order valence-corrected chi connectivity index (χ3v) is 6.44. The standard InChI is InChI=1S/C32H26N6O2/c39-32(38-26-16-18-33-19-17-26)37-25-13-11-22(12-14-25)15-20-34-30-28-27(23-7-3-1-4-8-23)29(24-9-5-2-6-10-24)40-31(28)36-21-35-30/h1-14,16-19,21H,15,20H2,(H,34,35,36)(H2,33,37,38,39). The van der Waals surface area contributed by atoms with Gasteiger partial charge in [0.05, 0.1) is 5.39 Å². The van der Waals surface area contributed by atoms with Gasteiger partial charge in [-0.1, -0.05) is 72.8 Å². The Labute approximate surface area is 231 Å². The molecule has 0 bridgehead atoms. The van der Waals surface area contributed by atoms with Crippen molar-refractivity contribution >= 4 is 34.3 Å². The van der Waals surface area contributed by atoms with Crippen molar-refractivity contribution in [1.82, 2.24) is 15.0 Å². The minimum atomic E-state index is -0.308. The van der Waals surface area contributed by atoms with E-state index in [1.54, 1.807) is 24.5 Å². The van der Waals surface area contributed by atoms with E-state index < -0.39 is 0 Å². The molecule has 0 spiro atoms. The normalized spacial score (nSPS) is 10.8. The van der Waals surface area contributed by atoms with Gasteiger partial charge in [-0.2, -0.15) is 0 Å². The summed E-state index contributed by atoms with van der Waals surface area (Å²) in [6.45, 7) is 0.654. The van der Waals surface area contributed by atoms with Gasteiger partial charge in [-0.15, -0.1) is 0 Å². The smallest absolute Gasteiger partial charge is 0.323 e. The summed E-state index contributed by atoms with van der Waals surface area (Å²) < 4.78 is 6.29. The Kier molecular flexibility index (Phi) is 7.13. The van der Waals surface area contributed by atoms with E-state index in [0.29, 0.717) is 23.6 Å². The molecule has 3 aromatic carbocycles. The number of nitrogens with one attached hydrogen (secondary N) is 3. The number of rotatable bonds is 8. The van der Waals surface area contributed by atoms with Crippen molar-refractivity contribution in [3.8, 4) is 22.5 Å². The molecule has 40 heavy (non-hydrogen) atoms. The van der Waals surface area contributed by atoms with Crippen molar-refractivity contribution in [3.63, 3.8) is 0 Å². The van der Waals surface area contributed by atoms with Gasteiger partial charge in [0.25, 0.3) is 0 Å². The molecule has 0 fully saturated rings. The number of fused-ring (bicyclic) bond motifs is 1. The molecule has 8 heteroatoms. The number of urea groups is 1. The molecule has 0 radical (unpaired) electrons. The molecule has 3 heterocycles. The monoisotopic (exact) mass is 526 g/mol. The highest BCUT2D eigenvalue weighted by Gasteiger charge is 2.21. The first-order valence-corrected chi connectivity index (χ1v) is 12.9. The van der Waals surface area contributed by atoms with Gasteiger partial charge in [0.1, 0.15) is 17.9 Å². The molecule has 196 valence electrons. The van der Waals surface area contributed by atoms with Crippen molar-refractivity contribution in [3.05, 3.63) is 121 Å². The summed E-state index contributed by atoms with van der Waals surface area (Å²) in [5.41, 5.74) is 6.03. The molecule has 0 atom stereocenters. The van der Waals surface area contributed by atoms with Crippen LogP contribution in [0.3, 0.4) is 0 Å². The Morgan fingerprint density at radius 3 is 2.08 bits per heavy atom. The molecular weight excluding hydrogens is 500 g/mol. The van der Waals surface area contributed by atoms with Crippen LogP contribution in [0.25, 0.3) is 33.6 Å². The predicted octanol–water partition coefficient (Wildman–Crippen LogP) is 7.25. The first-order valence-electron chi connectivity index (χ1n) is 12.9. The fourth-order valence-electron chi connectivity index (χ4n) is 4.55. The quantitative estimate of drug-likeness (QED) is 0.193. The SMILES string of the molecule is O=C(Nc1ccncc1)Nc1ccc(CCNc2ncnc3oc(-c4ccccc4)c(-c4ccccc4)c23)cc1. The van der Waals surface area contributed by atoms with Crippen LogP contribution < -0.4 is 16.0 Å². The minimum Gasteiger partial charge on any atom is -0.437 e. The number of furan rings is 1. The van der Waals surface area contributed by atoms with Crippen molar-refractivity contribution < 1.29 is 9.21 Å². The molecule has 0 saturated heterocycles. The van der Waals surface area contributed by atoms with Crippen LogP contribution in [0.5, 0.6) is 0 Å². The number of benzene rings is 3. The van der Waals surface area contributed by atoms with Crippen LogP contribution >= 0.6 is 0 Å². The number of hydrogen-bond acceptors (Lipinski definition) is 6. The summed E-state index contributed by atoms with van der Waals surface area (Å²) in [6.07, 6.45) is 5.54. The van der Waals surface area contributed by atoms with E-state index in [0.717, 1.165) is 45.6 Å². The lowest BCUT2D eigenvalue weighted by atomic mass is 9.99. The third kappa shape index (κ3) is 5.51. The molecule has 0 saturated carbocycles. The van der Waals surface area contributed by atoms with Crippen molar-refractivity contribution in [1.29, 1.82) is 0 Å². The van der Waals surface area contributed by atoms with Gasteiger partial charge < -0.3 is 20.4 Å². The Hall–Kier alpha value is -5.50. The van der Waals surface area contributed by atoms with Crippen molar-refractivity contribution in [2.75, 3.05) is 22.5 Å². The van der Waals surface area contributed by atoms with Gasteiger partial charge in [0.2, 0.25) is 5.71 Å². The van der Waals surface area contributed by atoms with E-state index in [4.69, 9.17) is 4.42 Å². The molecule has 6 rings (SSSR count). The summed E-state index contributed by atoms with van der Waals surface area (Å²) in [6, 6.07) is 31.1. The molecule has 0 aliphatic heterocycles. The molecule has 3 N–H and O–H groups in total. The van der Waals surface area contributed by atoms with Crippen molar-refractivity contribution in [2.24, 2.45) is 0 Å². The van der Waals surface area contributed by atoms with E-state index in [1.807, 2.05) is 72.8 Å². The van der Waals surface area contributed by atoms with Gasteiger partial charge in [-0.05, 0) is 41.8 Å². The topological polar surface area (TPSA) is 105 Å². The van der Waals surface area contributed by atoms with Gasteiger partial charge in [-0.3, -0.25) is 4.98 Å². The zero-order chi connectivity index (χ0) is 27.1. The second kappa shape index (κ2) is 11.5. The summed E-state index contributed by atoms with van der Waals surface area (Å²) in [7, 11) is 0. The van der Waals surface area contributed by atoms with E-state index in [9.17, 15) is 4.79 Å². The van der Waals surface area contributed by atoms with E-state index in [2.05, 4.69) is 43.0 Å². The van der Waals surface area contributed by atoms with Gasteiger partial charge in [0, 0.05) is 41.4 Å². The number of carbonyl (C=O) groups is 1. The second-order valence-electron chi connectivity index (χ2n) is 9.13. The average molecular weight is 527 g/mol. The number of pyridine rings is 1. The number of anilines is 3. The number of amides is 2. The van der Waals surface area contributed by atoms with Crippen LogP contribution in [0.1, 0.15) is 5.56 Å². The van der Waals surface area contributed by atoms with Crippen LogP contribution in [0.15, 0.2) is 120 Å². The van der Waals surface area contributed by atoms with Crippen LogP contribution in [-0.2, 0) is 6.42 Å². The fraction of sp³-hybridized carbons (Fsp3) is 0.0625. The molecule has 2 amide bonds. The predicted molar refractivity (Wildman–Crippen MR) is 158 cm³/mol. The van der Waals surface area contributed by atoms with Gasteiger partial charge in [0.15, 0.2) is 0 Å². The zero-order valence-corrected chi connectivity index (χ0v) is 21.5. The Morgan fingerprint density at radius 2 is 1.38 bits per heavy atom. The van der Waals surface area contributed by atoms with E-state index in [1.165, 1.54) is 6.33 Å². The lowest BCUT2D eigenvalue weighted by Crippen LogP contribution is -2.19. The first-order chi connectivity index (χ1) is 19.7. The van der Waals surface area contributed by atoms with Crippen LogP contribution in [0, 0.1) is 0 Å². The van der Waals surface area contributed by atoms with Crippen LogP contribution in [-0.4, -0.2) is 27.5 Å². The number of hydrogen-bond donors (Lipinski definition) is 3. The number of nitrogens with zero attached hydrogens (tertiary/aromatic N) is 3. The highest BCUT2D eigenvalue weighted by molar-refractivity contribution is 6.05. The Morgan fingerprint density at radius 1 is 0.725 bits per heavy atom. The first kappa shape index (κ1) is 24.8. The number of aromatic nitrogens is 3.